The Bertz CT molecular complexity index is 1060. The minimum absolute atomic E-state index is 0.0757. The van der Waals surface area contributed by atoms with E-state index in [0.29, 0.717) is 12.2 Å². The fourth-order valence-corrected chi connectivity index (χ4v) is 3.83. The van der Waals surface area contributed by atoms with E-state index in [4.69, 9.17) is 0 Å². The lowest BCUT2D eigenvalue weighted by Crippen LogP contribution is -2.15. The van der Waals surface area contributed by atoms with Gasteiger partial charge in [-0.3, -0.25) is 9.89 Å². The third-order valence-electron chi connectivity index (χ3n) is 4.22. The SMILES string of the molecule is Cc1ccc(-c2cc(NC(=O)Cc3c(C)[nH]c4ccccc34)n[nH]2)s1. The summed E-state index contributed by atoms with van der Waals surface area (Å²) >= 11 is 1.69. The Morgan fingerprint density at radius 2 is 2.04 bits per heavy atom. The average Bonchev–Trinajstić information content (AvgIpc) is 3.28. The molecule has 0 aliphatic carbocycles. The highest BCUT2D eigenvalue weighted by molar-refractivity contribution is 7.15. The molecule has 0 aliphatic heterocycles. The van der Waals surface area contributed by atoms with Crippen molar-refractivity contribution >= 4 is 34.0 Å². The molecule has 0 radical (unpaired) electrons. The molecule has 0 saturated carbocycles. The second-order valence-electron chi connectivity index (χ2n) is 6.08. The first-order chi connectivity index (χ1) is 12.1. The van der Waals surface area contributed by atoms with Gasteiger partial charge in [-0.2, -0.15) is 5.10 Å². The second-order valence-corrected chi connectivity index (χ2v) is 7.36. The molecular weight excluding hydrogens is 332 g/mol. The first-order valence-corrected chi connectivity index (χ1v) is 8.90. The van der Waals surface area contributed by atoms with Crippen LogP contribution in [-0.4, -0.2) is 21.1 Å². The lowest BCUT2D eigenvalue weighted by molar-refractivity contribution is -0.115. The van der Waals surface area contributed by atoms with Gasteiger partial charge in [-0.15, -0.1) is 11.3 Å². The molecule has 3 heterocycles. The standard InChI is InChI=1S/C19H18N4OS/c1-11-7-8-17(25-11)16-10-18(23-22-16)21-19(24)9-14-12(2)20-15-6-4-3-5-13(14)15/h3-8,10,20H,9H2,1-2H3,(H2,21,22,23,24). The molecule has 0 unspecified atom stereocenters. The molecule has 5 nitrogen and oxygen atoms in total. The van der Waals surface area contributed by atoms with Crippen molar-refractivity contribution in [1.29, 1.82) is 0 Å². The number of aromatic nitrogens is 3. The van der Waals surface area contributed by atoms with Gasteiger partial charge in [0.2, 0.25) is 5.91 Å². The number of amides is 1. The number of H-pyrrole nitrogens is 2. The molecule has 3 N–H and O–H groups in total. The van der Waals surface area contributed by atoms with Gasteiger partial charge in [0.25, 0.3) is 0 Å². The van der Waals surface area contributed by atoms with Crippen LogP contribution in [0.4, 0.5) is 5.82 Å². The number of hydrogen-bond acceptors (Lipinski definition) is 3. The normalized spacial score (nSPS) is 11.1. The van der Waals surface area contributed by atoms with Gasteiger partial charge in [-0.1, -0.05) is 18.2 Å². The van der Waals surface area contributed by atoms with E-state index < -0.39 is 0 Å². The molecule has 0 saturated heterocycles. The summed E-state index contributed by atoms with van der Waals surface area (Å²) in [5.41, 5.74) is 4.01. The number of aromatic amines is 2. The molecule has 126 valence electrons. The monoisotopic (exact) mass is 350 g/mol. The minimum Gasteiger partial charge on any atom is -0.358 e. The molecule has 0 atom stereocenters. The molecule has 0 aliphatic rings. The number of carbonyl (C=O) groups is 1. The molecule has 4 aromatic rings. The maximum atomic E-state index is 12.4. The molecule has 3 aromatic heterocycles. The van der Waals surface area contributed by atoms with E-state index in [1.807, 2.05) is 37.3 Å². The van der Waals surface area contributed by atoms with Crippen molar-refractivity contribution in [3.63, 3.8) is 0 Å². The van der Waals surface area contributed by atoms with Gasteiger partial charge in [-0.25, -0.2) is 0 Å². The first-order valence-electron chi connectivity index (χ1n) is 8.08. The number of nitrogens with one attached hydrogen (secondary N) is 3. The number of benzene rings is 1. The van der Waals surface area contributed by atoms with Crippen molar-refractivity contribution in [1.82, 2.24) is 15.2 Å². The number of nitrogens with zero attached hydrogens (tertiary/aromatic N) is 1. The molecule has 6 heteroatoms. The molecule has 0 spiro atoms. The van der Waals surface area contributed by atoms with Crippen LogP contribution in [0.2, 0.25) is 0 Å². The van der Waals surface area contributed by atoms with Gasteiger partial charge in [0.05, 0.1) is 17.0 Å². The Morgan fingerprint density at radius 1 is 1.20 bits per heavy atom. The number of rotatable bonds is 4. The number of carbonyl (C=O) groups excluding carboxylic acids is 1. The summed E-state index contributed by atoms with van der Waals surface area (Å²) in [5.74, 6) is 0.469. The maximum Gasteiger partial charge on any atom is 0.230 e. The molecule has 0 fully saturated rings. The Morgan fingerprint density at radius 3 is 2.84 bits per heavy atom. The Kier molecular flexibility index (Phi) is 3.89. The second kappa shape index (κ2) is 6.22. The van der Waals surface area contributed by atoms with Crippen molar-refractivity contribution in [2.24, 2.45) is 0 Å². The van der Waals surface area contributed by atoms with Crippen LogP contribution in [0.25, 0.3) is 21.5 Å². The van der Waals surface area contributed by atoms with Crippen LogP contribution >= 0.6 is 11.3 Å². The summed E-state index contributed by atoms with van der Waals surface area (Å²) < 4.78 is 0. The summed E-state index contributed by atoms with van der Waals surface area (Å²) in [4.78, 5) is 18.1. The third-order valence-corrected chi connectivity index (χ3v) is 5.25. The van der Waals surface area contributed by atoms with Crippen molar-refractivity contribution in [3.05, 3.63) is 58.6 Å². The van der Waals surface area contributed by atoms with Crippen LogP contribution in [0.3, 0.4) is 0 Å². The highest BCUT2D eigenvalue weighted by Crippen LogP contribution is 2.27. The van der Waals surface area contributed by atoms with E-state index >= 15 is 0 Å². The minimum atomic E-state index is -0.0757. The molecule has 1 aromatic carbocycles. The average molecular weight is 350 g/mol. The number of thiophene rings is 1. The predicted octanol–water partition coefficient (Wildman–Crippen LogP) is 4.42. The van der Waals surface area contributed by atoms with Crippen molar-refractivity contribution in [2.45, 2.75) is 20.3 Å². The summed E-state index contributed by atoms with van der Waals surface area (Å²) in [5, 5.41) is 11.1. The topological polar surface area (TPSA) is 73.6 Å². The molecule has 0 bridgehead atoms. The zero-order valence-electron chi connectivity index (χ0n) is 14.0. The van der Waals surface area contributed by atoms with Crippen LogP contribution in [0.1, 0.15) is 16.1 Å². The zero-order chi connectivity index (χ0) is 17.4. The molecule has 4 rings (SSSR count). The fourth-order valence-electron chi connectivity index (χ4n) is 3.00. The summed E-state index contributed by atoms with van der Waals surface area (Å²) in [6.45, 7) is 4.06. The number of para-hydroxylation sites is 1. The number of anilines is 1. The molecule has 1 amide bonds. The van der Waals surface area contributed by atoms with Crippen LogP contribution in [0.15, 0.2) is 42.5 Å². The van der Waals surface area contributed by atoms with Crippen LogP contribution in [0.5, 0.6) is 0 Å². The molecular formula is C19H18N4OS. The van der Waals surface area contributed by atoms with E-state index in [9.17, 15) is 4.79 Å². The zero-order valence-corrected chi connectivity index (χ0v) is 14.8. The van der Waals surface area contributed by atoms with E-state index in [0.717, 1.165) is 32.7 Å². The van der Waals surface area contributed by atoms with E-state index in [-0.39, 0.29) is 5.91 Å². The maximum absolute atomic E-state index is 12.4. The van der Waals surface area contributed by atoms with Gasteiger partial charge >= 0.3 is 0 Å². The smallest absolute Gasteiger partial charge is 0.230 e. The van der Waals surface area contributed by atoms with E-state index in [2.05, 4.69) is 39.6 Å². The first kappa shape index (κ1) is 15.7. The molecule has 25 heavy (non-hydrogen) atoms. The number of fused-ring (bicyclic) bond motifs is 1. The van der Waals surface area contributed by atoms with Crippen molar-refractivity contribution < 1.29 is 4.79 Å². The van der Waals surface area contributed by atoms with Gasteiger partial charge in [0.1, 0.15) is 0 Å². The van der Waals surface area contributed by atoms with Gasteiger partial charge < -0.3 is 10.3 Å². The summed E-state index contributed by atoms with van der Waals surface area (Å²) in [6.07, 6.45) is 0.316. The fraction of sp³-hybridized carbons (Fsp3) is 0.158. The largest absolute Gasteiger partial charge is 0.358 e. The van der Waals surface area contributed by atoms with Gasteiger partial charge in [0.15, 0.2) is 5.82 Å². The van der Waals surface area contributed by atoms with Crippen LogP contribution < -0.4 is 5.32 Å². The lowest BCUT2D eigenvalue weighted by Gasteiger charge is -2.02. The number of aryl methyl sites for hydroxylation is 2. The van der Waals surface area contributed by atoms with Crippen molar-refractivity contribution in [3.8, 4) is 10.6 Å². The highest BCUT2D eigenvalue weighted by atomic mass is 32.1. The third kappa shape index (κ3) is 3.08. The summed E-state index contributed by atoms with van der Waals surface area (Å²) in [7, 11) is 0. The van der Waals surface area contributed by atoms with E-state index in [1.54, 1.807) is 11.3 Å². The Balaban J connectivity index is 1.51. The van der Waals surface area contributed by atoms with Crippen LogP contribution in [0, 0.1) is 13.8 Å². The Labute approximate surface area is 149 Å². The van der Waals surface area contributed by atoms with Gasteiger partial charge in [0, 0.05) is 27.5 Å². The quantitative estimate of drug-likeness (QED) is 0.510. The number of hydrogen-bond donors (Lipinski definition) is 3. The van der Waals surface area contributed by atoms with Crippen molar-refractivity contribution in [2.75, 3.05) is 5.32 Å². The predicted molar refractivity (Wildman–Crippen MR) is 102 cm³/mol. The van der Waals surface area contributed by atoms with Gasteiger partial charge in [-0.05, 0) is 37.6 Å². The Hall–Kier alpha value is -2.86. The lowest BCUT2D eigenvalue weighted by atomic mass is 10.1. The van der Waals surface area contributed by atoms with E-state index in [1.165, 1.54) is 4.88 Å². The highest BCUT2D eigenvalue weighted by Gasteiger charge is 2.14. The van der Waals surface area contributed by atoms with Crippen LogP contribution in [-0.2, 0) is 11.2 Å². The summed E-state index contributed by atoms with van der Waals surface area (Å²) in [6, 6.07) is 14.0.